The Hall–Kier alpha value is -3.52. The van der Waals surface area contributed by atoms with Crippen LogP contribution in [0.15, 0.2) is 80.4 Å². The van der Waals surface area contributed by atoms with Crippen molar-refractivity contribution >= 4 is 33.9 Å². The van der Waals surface area contributed by atoms with Crippen molar-refractivity contribution in [1.82, 2.24) is 0 Å². The Labute approximate surface area is 193 Å². The molecule has 164 valence electrons. The lowest BCUT2D eigenvalue weighted by molar-refractivity contribution is -0.130. The Morgan fingerprint density at radius 2 is 1.88 bits per heavy atom. The van der Waals surface area contributed by atoms with E-state index in [1.165, 1.54) is 6.26 Å². The van der Waals surface area contributed by atoms with Gasteiger partial charge in [0, 0.05) is 6.42 Å². The minimum Gasteiger partial charge on any atom is -0.493 e. The number of aliphatic imine (C=N–C) groups is 1. The first-order valence-electron chi connectivity index (χ1n) is 9.88. The van der Waals surface area contributed by atoms with Crippen molar-refractivity contribution in [1.29, 1.82) is 0 Å². The van der Waals surface area contributed by atoms with E-state index < -0.39 is 5.97 Å². The van der Waals surface area contributed by atoms with E-state index in [0.717, 1.165) is 5.75 Å². The van der Waals surface area contributed by atoms with Crippen molar-refractivity contribution in [3.05, 3.63) is 82.4 Å². The van der Waals surface area contributed by atoms with E-state index in [-0.39, 0.29) is 11.6 Å². The van der Waals surface area contributed by atoms with Crippen molar-refractivity contribution in [3.8, 4) is 17.2 Å². The highest BCUT2D eigenvalue weighted by Gasteiger charge is 2.26. The van der Waals surface area contributed by atoms with Gasteiger partial charge in [-0.2, -0.15) is 0 Å². The molecule has 0 fully saturated rings. The SMILES string of the molecule is COc1cc(/C=C2/N=C(c3ccco3)OC2=O)cc(Br)c1OCCCOc1ccccc1. The molecule has 0 saturated carbocycles. The third kappa shape index (κ3) is 5.20. The molecular weight excluding hydrogens is 478 g/mol. The number of hydrogen-bond acceptors (Lipinski definition) is 7. The Morgan fingerprint density at radius 3 is 2.62 bits per heavy atom. The topological polar surface area (TPSA) is 79.5 Å². The van der Waals surface area contributed by atoms with Crippen LogP contribution in [0.2, 0.25) is 0 Å². The van der Waals surface area contributed by atoms with E-state index in [2.05, 4.69) is 20.9 Å². The number of carbonyl (C=O) groups is 1. The third-order valence-corrected chi connectivity index (χ3v) is 5.04. The highest BCUT2D eigenvalue weighted by Crippen LogP contribution is 2.37. The first-order chi connectivity index (χ1) is 15.6. The second-order valence-electron chi connectivity index (χ2n) is 6.71. The van der Waals surface area contributed by atoms with Gasteiger partial charge in [-0.15, -0.1) is 0 Å². The number of furan rings is 1. The lowest BCUT2D eigenvalue weighted by Crippen LogP contribution is -2.06. The Balaban J connectivity index is 1.42. The van der Waals surface area contributed by atoms with Gasteiger partial charge in [-0.3, -0.25) is 0 Å². The van der Waals surface area contributed by atoms with Crippen molar-refractivity contribution in [2.45, 2.75) is 6.42 Å². The van der Waals surface area contributed by atoms with Gasteiger partial charge >= 0.3 is 5.97 Å². The maximum atomic E-state index is 12.2. The molecule has 0 spiro atoms. The Kier molecular flexibility index (Phi) is 6.91. The summed E-state index contributed by atoms with van der Waals surface area (Å²) in [6.45, 7) is 0.984. The molecule has 0 atom stereocenters. The number of hydrogen-bond donors (Lipinski definition) is 0. The number of nitrogens with zero attached hydrogens (tertiary/aromatic N) is 1. The largest absolute Gasteiger partial charge is 0.493 e. The Bertz CT molecular complexity index is 1140. The van der Waals surface area contributed by atoms with Crippen LogP contribution in [0.1, 0.15) is 17.7 Å². The van der Waals surface area contributed by atoms with Gasteiger partial charge in [0.2, 0.25) is 0 Å². The van der Waals surface area contributed by atoms with Gasteiger partial charge in [-0.05, 0) is 64.0 Å². The molecule has 2 heterocycles. The number of ether oxygens (including phenoxy) is 4. The quantitative estimate of drug-likeness (QED) is 0.228. The van der Waals surface area contributed by atoms with Crippen LogP contribution in [0.3, 0.4) is 0 Å². The minimum absolute atomic E-state index is 0.134. The summed E-state index contributed by atoms with van der Waals surface area (Å²) >= 11 is 3.52. The summed E-state index contributed by atoms with van der Waals surface area (Å²) < 4.78 is 28.2. The summed E-state index contributed by atoms with van der Waals surface area (Å²) in [6.07, 6.45) is 3.80. The number of esters is 1. The molecule has 1 aromatic heterocycles. The van der Waals surface area contributed by atoms with Gasteiger partial charge < -0.3 is 23.4 Å². The second kappa shape index (κ2) is 10.2. The van der Waals surface area contributed by atoms with E-state index in [0.29, 0.717) is 46.9 Å². The molecule has 0 N–H and O–H groups in total. The zero-order chi connectivity index (χ0) is 22.3. The fourth-order valence-corrected chi connectivity index (χ4v) is 3.55. The third-order valence-electron chi connectivity index (χ3n) is 4.45. The van der Waals surface area contributed by atoms with Gasteiger partial charge in [-0.25, -0.2) is 9.79 Å². The van der Waals surface area contributed by atoms with Crippen molar-refractivity contribution in [2.75, 3.05) is 20.3 Å². The maximum Gasteiger partial charge on any atom is 0.363 e. The number of carbonyl (C=O) groups excluding carboxylic acids is 1. The Morgan fingerprint density at radius 1 is 1.06 bits per heavy atom. The molecule has 0 amide bonds. The number of halogens is 1. The summed E-state index contributed by atoms with van der Waals surface area (Å²) in [4.78, 5) is 16.4. The molecule has 4 rings (SSSR count). The molecule has 1 aliphatic rings. The number of cyclic esters (lactones) is 1. The molecule has 0 bridgehead atoms. The summed E-state index contributed by atoms with van der Waals surface area (Å²) in [5.74, 6) is 1.90. The van der Waals surface area contributed by atoms with Crippen LogP contribution in [0.25, 0.3) is 6.08 Å². The van der Waals surface area contributed by atoms with Gasteiger partial charge in [0.05, 0.1) is 31.1 Å². The smallest absolute Gasteiger partial charge is 0.363 e. The van der Waals surface area contributed by atoms with Gasteiger partial charge in [0.1, 0.15) is 5.75 Å². The number of benzene rings is 2. The van der Waals surface area contributed by atoms with Crippen LogP contribution in [-0.2, 0) is 9.53 Å². The second-order valence-corrected chi connectivity index (χ2v) is 7.57. The molecule has 1 aliphatic heterocycles. The summed E-state index contributed by atoms with van der Waals surface area (Å²) in [7, 11) is 1.56. The van der Waals surface area contributed by atoms with Crippen LogP contribution < -0.4 is 14.2 Å². The standard InChI is InChI=1S/C24H20BrNO6/c1-28-21-15-16(14-19-24(27)32-23(26-19)20-9-5-10-30-20)13-18(25)22(21)31-12-6-11-29-17-7-3-2-4-8-17/h2-5,7-10,13-15H,6,11-12H2,1H3/b19-14+. The molecule has 0 unspecified atom stereocenters. The maximum absolute atomic E-state index is 12.2. The lowest BCUT2D eigenvalue weighted by atomic mass is 10.1. The monoisotopic (exact) mass is 497 g/mol. The van der Waals surface area contributed by atoms with Gasteiger partial charge in [0.15, 0.2) is 23.0 Å². The summed E-state index contributed by atoms with van der Waals surface area (Å²) in [5, 5.41) is 0. The molecular formula is C24H20BrNO6. The van der Waals surface area contributed by atoms with E-state index >= 15 is 0 Å². The fraction of sp³-hybridized carbons (Fsp3) is 0.167. The van der Waals surface area contributed by atoms with E-state index in [4.69, 9.17) is 23.4 Å². The molecule has 7 nitrogen and oxygen atoms in total. The molecule has 2 aromatic carbocycles. The molecule has 3 aromatic rings. The zero-order valence-electron chi connectivity index (χ0n) is 17.2. The number of para-hydroxylation sites is 1. The highest BCUT2D eigenvalue weighted by atomic mass is 79.9. The van der Waals surface area contributed by atoms with Crippen molar-refractivity contribution in [2.24, 2.45) is 4.99 Å². The summed E-state index contributed by atoms with van der Waals surface area (Å²) in [5.41, 5.74) is 0.863. The number of rotatable bonds is 9. The summed E-state index contributed by atoms with van der Waals surface area (Å²) in [6, 6.07) is 16.6. The van der Waals surface area contributed by atoms with Crippen molar-refractivity contribution in [3.63, 3.8) is 0 Å². The fourth-order valence-electron chi connectivity index (χ4n) is 2.98. The normalized spacial score (nSPS) is 14.2. The number of methoxy groups -OCH3 is 1. The highest BCUT2D eigenvalue weighted by molar-refractivity contribution is 9.10. The molecule has 0 radical (unpaired) electrons. The predicted molar refractivity (Wildman–Crippen MR) is 122 cm³/mol. The first kappa shape index (κ1) is 21.7. The van der Waals surface area contributed by atoms with Crippen LogP contribution in [0.5, 0.6) is 17.2 Å². The average molecular weight is 498 g/mol. The molecule has 8 heteroatoms. The molecule has 0 saturated heterocycles. The van der Waals surface area contributed by atoms with Crippen LogP contribution in [0.4, 0.5) is 0 Å². The van der Waals surface area contributed by atoms with Crippen LogP contribution >= 0.6 is 15.9 Å². The van der Waals surface area contributed by atoms with Crippen LogP contribution in [-0.4, -0.2) is 32.2 Å². The molecule has 0 aliphatic carbocycles. The lowest BCUT2D eigenvalue weighted by Gasteiger charge is -2.14. The molecule has 32 heavy (non-hydrogen) atoms. The van der Waals surface area contributed by atoms with Gasteiger partial charge in [0.25, 0.3) is 5.90 Å². The van der Waals surface area contributed by atoms with Gasteiger partial charge in [-0.1, -0.05) is 18.2 Å². The zero-order valence-corrected chi connectivity index (χ0v) is 18.8. The van der Waals surface area contributed by atoms with Crippen molar-refractivity contribution < 1.29 is 28.2 Å². The minimum atomic E-state index is -0.551. The van der Waals surface area contributed by atoms with E-state index in [1.54, 1.807) is 31.4 Å². The van der Waals surface area contributed by atoms with E-state index in [1.807, 2.05) is 36.4 Å². The average Bonchev–Trinajstić information content (AvgIpc) is 3.45. The first-order valence-corrected chi connectivity index (χ1v) is 10.7. The predicted octanol–water partition coefficient (Wildman–Crippen LogP) is 5.24. The van der Waals surface area contributed by atoms with E-state index in [9.17, 15) is 4.79 Å². The van der Waals surface area contributed by atoms with Crippen LogP contribution in [0, 0.1) is 0 Å².